The monoisotopic (exact) mass is 378 g/mol. The number of nitrogens with zero attached hydrogens (tertiary/aromatic N) is 3. The van der Waals surface area contributed by atoms with Crippen molar-refractivity contribution in [2.45, 2.75) is 53.6 Å². The third kappa shape index (κ3) is 3.95. The van der Waals surface area contributed by atoms with Crippen molar-refractivity contribution in [3.05, 3.63) is 27.1 Å². The first kappa shape index (κ1) is 20.1. The van der Waals surface area contributed by atoms with E-state index in [0.29, 0.717) is 33.7 Å². The Hall–Kier alpha value is -2.22. The summed E-state index contributed by atoms with van der Waals surface area (Å²) in [6.45, 7) is 10.6. The molecule has 2 amide bonds. The SMILES string of the molecule is CCC(C)NC(=O)c1sc2ncn(CC(=O)N(CC)CC)c(=O)c2c1C. The quantitative estimate of drug-likeness (QED) is 0.800. The number of aromatic nitrogens is 2. The molecule has 2 heterocycles. The van der Waals surface area contributed by atoms with Gasteiger partial charge in [-0.25, -0.2) is 4.98 Å². The maximum absolute atomic E-state index is 12.8. The molecular formula is C18H26N4O3S. The van der Waals surface area contributed by atoms with Crippen LogP contribution in [0.1, 0.15) is 49.4 Å². The highest BCUT2D eigenvalue weighted by Gasteiger charge is 2.21. The lowest BCUT2D eigenvalue weighted by Gasteiger charge is -2.18. The van der Waals surface area contributed by atoms with E-state index in [1.807, 2.05) is 27.7 Å². The number of hydrogen-bond acceptors (Lipinski definition) is 5. The number of carbonyl (C=O) groups is 2. The van der Waals surface area contributed by atoms with Crippen LogP contribution in [0.5, 0.6) is 0 Å². The summed E-state index contributed by atoms with van der Waals surface area (Å²) in [7, 11) is 0. The van der Waals surface area contributed by atoms with Gasteiger partial charge >= 0.3 is 0 Å². The lowest BCUT2D eigenvalue weighted by molar-refractivity contribution is -0.131. The fourth-order valence-electron chi connectivity index (χ4n) is 2.70. The van der Waals surface area contributed by atoms with Crippen LogP contribution in [-0.2, 0) is 11.3 Å². The van der Waals surface area contributed by atoms with Gasteiger partial charge in [0, 0.05) is 19.1 Å². The van der Waals surface area contributed by atoms with Crippen LogP contribution in [0.3, 0.4) is 0 Å². The molecule has 0 aliphatic heterocycles. The predicted octanol–water partition coefficient (Wildman–Crippen LogP) is 2.16. The number of fused-ring (bicyclic) bond motifs is 1. The Kier molecular flexibility index (Phi) is 6.52. The van der Waals surface area contributed by atoms with E-state index in [2.05, 4.69) is 10.3 Å². The zero-order valence-corrected chi connectivity index (χ0v) is 16.8. The van der Waals surface area contributed by atoms with Gasteiger partial charge in [-0.1, -0.05) is 6.92 Å². The van der Waals surface area contributed by atoms with E-state index < -0.39 is 0 Å². The summed E-state index contributed by atoms with van der Waals surface area (Å²) in [5, 5.41) is 3.33. The number of aryl methyl sites for hydroxylation is 1. The average Bonchev–Trinajstić information content (AvgIpc) is 2.95. The van der Waals surface area contributed by atoms with Gasteiger partial charge in [0.05, 0.1) is 16.6 Å². The number of rotatable bonds is 7. The first-order valence-corrected chi connectivity index (χ1v) is 9.72. The second kappa shape index (κ2) is 8.44. The second-order valence-electron chi connectivity index (χ2n) is 6.26. The Balaban J connectivity index is 2.40. The molecule has 0 radical (unpaired) electrons. The number of hydrogen-bond donors (Lipinski definition) is 1. The summed E-state index contributed by atoms with van der Waals surface area (Å²) in [6.07, 6.45) is 2.21. The van der Waals surface area contributed by atoms with Crippen LogP contribution in [-0.4, -0.2) is 45.4 Å². The summed E-state index contributed by atoms with van der Waals surface area (Å²) in [5.74, 6) is -0.314. The van der Waals surface area contributed by atoms with Gasteiger partial charge in [-0.2, -0.15) is 0 Å². The molecule has 0 fully saturated rings. The number of thiophene rings is 1. The number of likely N-dealkylation sites (N-methyl/N-ethyl adjacent to an activating group) is 1. The summed E-state index contributed by atoms with van der Waals surface area (Å²) in [4.78, 5) is 44.6. The van der Waals surface area contributed by atoms with Crippen molar-refractivity contribution in [2.24, 2.45) is 0 Å². The zero-order chi connectivity index (χ0) is 19.4. The molecule has 2 rings (SSSR count). The highest BCUT2D eigenvalue weighted by Crippen LogP contribution is 2.26. The van der Waals surface area contributed by atoms with Crippen LogP contribution in [0.15, 0.2) is 11.1 Å². The van der Waals surface area contributed by atoms with Crippen molar-refractivity contribution in [3.8, 4) is 0 Å². The number of amides is 2. The Morgan fingerprint density at radius 2 is 1.96 bits per heavy atom. The molecule has 1 unspecified atom stereocenters. The summed E-state index contributed by atoms with van der Waals surface area (Å²) >= 11 is 1.21. The van der Waals surface area contributed by atoms with Gasteiger partial charge < -0.3 is 10.2 Å². The molecule has 0 spiro atoms. The van der Waals surface area contributed by atoms with E-state index in [1.54, 1.807) is 11.8 Å². The molecule has 26 heavy (non-hydrogen) atoms. The van der Waals surface area contributed by atoms with Gasteiger partial charge in [0.2, 0.25) is 5.91 Å². The third-order valence-electron chi connectivity index (χ3n) is 4.54. The van der Waals surface area contributed by atoms with E-state index in [9.17, 15) is 14.4 Å². The molecule has 0 bridgehead atoms. The molecule has 0 aliphatic carbocycles. The summed E-state index contributed by atoms with van der Waals surface area (Å²) < 4.78 is 1.32. The molecule has 8 heteroatoms. The maximum Gasteiger partial charge on any atom is 0.262 e. The van der Waals surface area contributed by atoms with Crippen molar-refractivity contribution in [1.82, 2.24) is 19.8 Å². The fourth-order valence-corrected chi connectivity index (χ4v) is 3.74. The number of carbonyl (C=O) groups excluding carboxylic acids is 2. The van der Waals surface area contributed by atoms with Crippen LogP contribution in [0.4, 0.5) is 0 Å². The van der Waals surface area contributed by atoms with Crippen LogP contribution in [0.2, 0.25) is 0 Å². The van der Waals surface area contributed by atoms with Gasteiger partial charge in [-0.15, -0.1) is 11.3 Å². The van der Waals surface area contributed by atoms with Gasteiger partial charge in [0.15, 0.2) is 0 Å². The Morgan fingerprint density at radius 3 is 2.54 bits per heavy atom. The Labute approximate surface area is 157 Å². The zero-order valence-electron chi connectivity index (χ0n) is 16.0. The fraction of sp³-hybridized carbons (Fsp3) is 0.556. The smallest absolute Gasteiger partial charge is 0.262 e. The highest BCUT2D eigenvalue weighted by atomic mass is 32.1. The minimum Gasteiger partial charge on any atom is -0.349 e. The summed E-state index contributed by atoms with van der Waals surface area (Å²) in [6, 6.07) is 0.0587. The second-order valence-corrected chi connectivity index (χ2v) is 7.26. The molecule has 0 aromatic carbocycles. The van der Waals surface area contributed by atoms with Crippen LogP contribution in [0, 0.1) is 6.92 Å². The van der Waals surface area contributed by atoms with Crippen molar-refractivity contribution in [2.75, 3.05) is 13.1 Å². The van der Waals surface area contributed by atoms with E-state index >= 15 is 0 Å². The Bertz CT molecular complexity index is 867. The van der Waals surface area contributed by atoms with E-state index in [-0.39, 0.29) is 30.0 Å². The van der Waals surface area contributed by atoms with Gasteiger partial charge in [0.25, 0.3) is 11.5 Å². The van der Waals surface area contributed by atoms with Gasteiger partial charge in [-0.3, -0.25) is 19.0 Å². The molecular weight excluding hydrogens is 352 g/mol. The molecule has 7 nitrogen and oxygen atoms in total. The molecule has 0 aliphatic rings. The lowest BCUT2D eigenvalue weighted by atomic mass is 10.2. The normalized spacial score (nSPS) is 12.2. The third-order valence-corrected chi connectivity index (χ3v) is 5.73. The van der Waals surface area contributed by atoms with E-state index in [4.69, 9.17) is 0 Å². The molecule has 2 aromatic rings. The van der Waals surface area contributed by atoms with Crippen molar-refractivity contribution in [3.63, 3.8) is 0 Å². The first-order valence-electron chi connectivity index (χ1n) is 8.91. The molecule has 142 valence electrons. The lowest BCUT2D eigenvalue weighted by Crippen LogP contribution is -2.36. The largest absolute Gasteiger partial charge is 0.349 e. The minimum atomic E-state index is -0.285. The van der Waals surface area contributed by atoms with E-state index in [0.717, 1.165) is 6.42 Å². The molecule has 0 saturated heterocycles. The van der Waals surface area contributed by atoms with Crippen LogP contribution >= 0.6 is 11.3 Å². The molecule has 1 N–H and O–H groups in total. The average molecular weight is 378 g/mol. The molecule has 1 atom stereocenters. The van der Waals surface area contributed by atoms with Gasteiger partial charge in [-0.05, 0) is 39.7 Å². The van der Waals surface area contributed by atoms with Crippen molar-refractivity contribution < 1.29 is 9.59 Å². The molecule has 2 aromatic heterocycles. The van der Waals surface area contributed by atoms with Crippen LogP contribution in [0.25, 0.3) is 10.2 Å². The maximum atomic E-state index is 12.8. The summed E-state index contributed by atoms with van der Waals surface area (Å²) in [5.41, 5.74) is 0.333. The van der Waals surface area contributed by atoms with Gasteiger partial charge in [0.1, 0.15) is 11.4 Å². The molecule has 0 saturated carbocycles. The Morgan fingerprint density at radius 1 is 1.31 bits per heavy atom. The van der Waals surface area contributed by atoms with Crippen LogP contribution < -0.4 is 10.9 Å². The highest BCUT2D eigenvalue weighted by molar-refractivity contribution is 7.20. The van der Waals surface area contributed by atoms with Crippen molar-refractivity contribution in [1.29, 1.82) is 0 Å². The topological polar surface area (TPSA) is 84.3 Å². The minimum absolute atomic E-state index is 0.0485. The number of nitrogens with one attached hydrogen (secondary N) is 1. The first-order chi connectivity index (χ1) is 12.3. The van der Waals surface area contributed by atoms with Crippen molar-refractivity contribution >= 4 is 33.4 Å². The predicted molar refractivity (Wildman–Crippen MR) is 104 cm³/mol. The standard InChI is InChI=1S/C18H26N4O3S/c1-6-11(4)20-16(24)15-12(5)14-17(26-15)19-10-22(18(14)25)9-13(23)21(7-2)8-3/h10-11H,6-9H2,1-5H3,(H,20,24). The van der Waals surface area contributed by atoms with E-state index in [1.165, 1.54) is 22.2 Å².